The topological polar surface area (TPSA) is 116 Å². The molecule has 3 aromatic rings. The highest BCUT2D eigenvalue weighted by Crippen LogP contribution is 2.34. The Bertz CT molecular complexity index is 1300. The first-order valence-electron chi connectivity index (χ1n) is 10.2. The molecular weight excluding hydrogens is 464 g/mol. The number of halogens is 1. The van der Waals surface area contributed by atoms with Gasteiger partial charge in [-0.3, -0.25) is 4.79 Å². The molecule has 0 saturated heterocycles. The lowest BCUT2D eigenvalue weighted by atomic mass is 10.1. The molecule has 172 valence electrons. The molecule has 1 amide bonds. The van der Waals surface area contributed by atoms with Crippen molar-refractivity contribution >= 4 is 44.9 Å². The number of aromatic nitrogens is 2. The molecule has 2 heterocycles. The van der Waals surface area contributed by atoms with Gasteiger partial charge in [-0.2, -0.15) is 4.31 Å². The van der Waals surface area contributed by atoms with Crippen molar-refractivity contribution in [3.63, 3.8) is 0 Å². The van der Waals surface area contributed by atoms with Crippen LogP contribution in [0.1, 0.15) is 5.56 Å². The van der Waals surface area contributed by atoms with Crippen molar-refractivity contribution < 1.29 is 13.2 Å². The monoisotopic (exact) mass is 486 g/mol. The number of hydrogen-bond acceptors (Lipinski definition) is 7. The molecule has 0 bridgehead atoms. The Morgan fingerprint density at radius 1 is 1.18 bits per heavy atom. The first-order valence-corrected chi connectivity index (χ1v) is 12.0. The minimum atomic E-state index is -3.57. The molecule has 1 aromatic heterocycles. The average Bonchev–Trinajstić information content (AvgIpc) is 2.92. The zero-order chi connectivity index (χ0) is 23.6. The minimum Gasteiger partial charge on any atom is -0.325 e. The van der Waals surface area contributed by atoms with Crippen LogP contribution in [0.2, 0.25) is 5.02 Å². The summed E-state index contributed by atoms with van der Waals surface area (Å²) in [6.07, 6.45) is 1.76. The van der Waals surface area contributed by atoms with Crippen LogP contribution in [0.25, 0.3) is 11.3 Å². The van der Waals surface area contributed by atoms with E-state index in [0.29, 0.717) is 46.7 Å². The van der Waals surface area contributed by atoms with E-state index in [1.54, 1.807) is 44.6 Å². The molecule has 0 radical (unpaired) electrons. The molecule has 0 saturated carbocycles. The number of carbonyl (C=O) groups is 1. The number of sulfonamides is 1. The molecule has 33 heavy (non-hydrogen) atoms. The molecule has 0 atom stereocenters. The zero-order valence-corrected chi connectivity index (χ0v) is 19.7. The predicted octanol–water partition coefficient (Wildman–Crippen LogP) is 2.88. The number of carbonyl (C=O) groups excluding carboxylic acids is 1. The van der Waals surface area contributed by atoms with Gasteiger partial charge in [-0.05, 0) is 49.5 Å². The standard InChI is InChI=1S/C22H23ClN6O3S/c1-24-9-10-29(2)33(31,32)17-6-4-16(5-7-17)26-22-25-13-14-11-20(30)27-19-12-15(23)3-8-18(19)21(14)28-22/h3-8,12-13,24H,9-11H2,1-2H3,(H,27,30)(H,25,26,28). The van der Waals surface area contributed by atoms with Crippen LogP contribution in [0.5, 0.6) is 0 Å². The second kappa shape index (κ2) is 9.44. The number of benzene rings is 2. The fourth-order valence-electron chi connectivity index (χ4n) is 3.43. The van der Waals surface area contributed by atoms with Gasteiger partial charge in [0.25, 0.3) is 0 Å². The average molecular weight is 487 g/mol. The lowest BCUT2D eigenvalue weighted by Gasteiger charge is -2.17. The van der Waals surface area contributed by atoms with Gasteiger partial charge in [-0.1, -0.05) is 11.6 Å². The fraction of sp³-hybridized carbons (Fsp3) is 0.227. The quantitative estimate of drug-likeness (QED) is 0.470. The van der Waals surface area contributed by atoms with Gasteiger partial charge in [0.2, 0.25) is 21.9 Å². The van der Waals surface area contributed by atoms with E-state index in [9.17, 15) is 13.2 Å². The number of amides is 1. The van der Waals surface area contributed by atoms with Crippen LogP contribution in [-0.2, 0) is 21.2 Å². The maximum atomic E-state index is 12.7. The van der Waals surface area contributed by atoms with Gasteiger partial charge in [0, 0.05) is 48.2 Å². The Hall–Kier alpha value is -3.05. The van der Waals surface area contributed by atoms with Gasteiger partial charge in [-0.25, -0.2) is 18.4 Å². The summed E-state index contributed by atoms with van der Waals surface area (Å²) in [7, 11) is -0.255. The van der Waals surface area contributed by atoms with Crippen molar-refractivity contribution in [3.8, 4) is 11.3 Å². The molecule has 4 rings (SSSR count). The second-order valence-electron chi connectivity index (χ2n) is 7.56. The number of hydrogen-bond donors (Lipinski definition) is 3. The summed E-state index contributed by atoms with van der Waals surface area (Å²) in [6.45, 7) is 0.924. The number of nitrogens with zero attached hydrogens (tertiary/aromatic N) is 3. The highest BCUT2D eigenvalue weighted by atomic mass is 35.5. The molecule has 0 spiro atoms. The Morgan fingerprint density at radius 3 is 2.67 bits per heavy atom. The first-order chi connectivity index (χ1) is 15.8. The third-order valence-corrected chi connectivity index (χ3v) is 7.33. The highest BCUT2D eigenvalue weighted by molar-refractivity contribution is 7.89. The first kappa shape index (κ1) is 23.1. The minimum absolute atomic E-state index is 0.148. The SMILES string of the molecule is CNCCN(C)S(=O)(=O)c1ccc(Nc2ncc3c(n2)-c2ccc(Cl)cc2NC(=O)C3)cc1. The smallest absolute Gasteiger partial charge is 0.242 e. The molecule has 2 aromatic carbocycles. The van der Waals surface area contributed by atoms with Crippen LogP contribution in [0.4, 0.5) is 17.3 Å². The van der Waals surface area contributed by atoms with Crippen LogP contribution in [-0.4, -0.2) is 55.8 Å². The van der Waals surface area contributed by atoms with E-state index < -0.39 is 10.0 Å². The van der Waals surface area contributed by atoms with Gasteiger partial charge in [-0.15, -0.1) is 0 Å². The third kappa shape index (κ3) is 4.98. The van der Waals surface area contributed by atoms with E-state index in [0.717, 1.165) is 5.56 Å². The van der Waals surface area contributed by atoms with Crippen LogP contribution >= 0.6 is 11.6 Å². The highest BCUT2D eigenvalue weighted by Gasteiger charge is 2.22. The van der Waals surface area contributed by atoms with Crippen LogP contribution < -0.4 is 16.0 Å². The lowest BCUT2D eigenvalue weighted by molar-refractivity contribution is -0.115. The summed E-state index contributed by atoms with van der Waals surface area (Å²) >= 11 is 6.09. The van der Waals surface area contributed by atoms with Crippen molar-refractivity contribution in [3.05, 3.63) is 59.2 Å². The number of fused-ring (bicyclic) bond motifs is 3. The van der Waals surface area contributed by atoms with E-state index >= 15 is 0 Å². The summed E-state index contributed by atoms with van der Waals surface area (Å²) in [5.41, 5.74) is 3.29. The third-order valence-electron chi connectivity index (χ3n) is 5.22. The molecule has 1 aliphatic rings. The Labute approximate surface area is 197 Å². The van der Waals surface area contributed by atoms with Gasteiger partial charge < -0.3 is 16.0 Å². The summed E-state index contributed by atoms with van der Waals surface area (Å²) in [4.78, 5) is 21.4. The van der Waals surface area contributed by atoms with Crippen LogP contribution in [0.15, 0.2) is 53.6 Å². The van der Waals surface area contributed by atoms with E-state index in [1.807, 2.05) is 6.07 Å². The normalized spacial score (nSPS) is 13.2. The number of anilines is 3. The maximum Gasteiger partial charge on any atom is 0.242 e. The Morgan fingerprint density at radius 2 is 1.94 bits per heavy atom. The molecule has 0 fully saturated rings. The van der Waals surface area contributed by atoms with Gasteiger partial charge in [0.05, 0.1) is 22.7 Å². The van der Waals surface area contributed by atoms with Crippen LogP contribution in [0, 0.1) is 0 Å². The van der Waals surface area contributed by atoms with E-state index in [4.69, 9.17) is 11.6 Å². The summed E-state index contributed by atoms with van der Waals surface area (Å²) in [5, 5.41) is 9.39. The second-order valence-corrected chi connectivity index (χ2v) is 10.0. The molecule has 3 N–H and O–H groups in total. The molecular formula is C22H23ClN6O3S. The zero-order valence-electron chi connectivity index (χ0n) is 18.1. The van der Waals surface area contributed by atoms with Crippen molar-refractivity contribution in [1.29, 1.82) is 0 Å². The van der Waals surface area contributed by atoms with Crippen molar-refractivity contribution in [2.45, 2.75) is 11.3 Å². The Balaban J connectivity index is 1.59. The maximum absolute atomic E-state index is 12.7. The van der Waals surface area contributed by atoms with Gasteiger partial charge in [0.15, 0.2) is 0 Å². The molecule has 0 aliphatic carbocycles. The summed E-state index contributed by atoms with van der Waals surface area (Å²) < 4.78 is 26.7. The van der Waals surface area contributed by atoms with Gasteiger partial charge in [0.1, 0.15) is 0 Å². The molecule has 0 unspecified atom stereocenters. The number of likely N-dealkylation sites (N-methyl/N-ethyl adjacent to an activating group) is 2. The Kier molecular flexibility index (Phi) is 6.61. The fourth-order valence-corrected chi connectivity index (χ4v) is 4.78. The molecule has 9 nitrogen and oxygen atoms in total. The summed E-state index contributed by atoms with van der Waals surface area (Å²) in [5.74, 6) is 0.156. The summed E-state index contributed by atoms with van der Waals surface area (Å²) in [6, 6.07) is 11.6. The van der Waals surface area contributed by atoms with E-state index in [2.05, 4.69) is 25.9 Å². The molecule has 11 heteroatoms. The van der Waals surface area contributed by atoms with Gasteiger partial charge >= 0.3 is 0 Å². The predicted molar refractivity (Wildman–Crippen MR) is 128 cm³/mol. The van der Waals surface area contributed by atoms with Crippen molar-refractivity contribution in [2.75, 3.05) is 37.8 Å². The van der Waals surface area contributed by atoms with E-state index in [-0.39, 0.29) is 17.2 Å². The van der Waals surface area contributed by atoms with E-state index in [1.165, 1.54) is 16.4 Å². The largest absolute Gasteiger partial charge is 0.325 e. The number of nitrogens with one attached hydrogen (secondary N) is 3. The molecule has 1 aliphatic heterocycles. The van der Waals surface area contributed by atoms with Crippen molar-refractivity contribution in [1.82, 2.24) is 19.6 Å². The van der Waals surface area contributed by atoms with Crippen LogP contribution in [0.3, 0.4) is 0 Å². The van der Waals surface area contributed by atoms with Crippen molar-refractivity contribution in [2.24, 2.45) is 0 Å². The number of rotatable bonds is 7. The lowest BCUT2D eigenvalue weighted by Crippen LogP contribution is -2.32.